The molecule has 0 fully saturated rings. The lowest BCUT2D eigenvalue weighted by molar-refractivity contribution is 0.0979. The molecule has 0 aliphatic heterocycles. The summed E-state index contributed by atoms with van der Waals surface area (Å²) in [5, 5.41) is 1.26. The Bertz CT molecular complexity index is 1220. The molecule has 1 aromatic carbocycles. The minimum atomic E-state index is 0.0877. The molecule has 4 rings (SSSR count). The lowest BCUT2D eigenvalue weighted by Gasteiger charge is -2.05. The van der Waals surface area contributed by atoms with Crippen molar-refractivity contribution in [1.29, 1.82) is 0 Å². The fourth-order valence-corrected chi connectivity index (χ4v) is 4.16. The average Bonchev–Trinajstić information content (AvgIpc) is 3.02. The molecule has 0 aliphatic rings. The zero-order valence-corrected chi connectivity index (χ0v) is 18.6. The number of carbonyl (C=O) groups is 1. The molecule has 31 heavy (non-hydrogen) atoms. The van der Waals surface area contributed by atoms with Crippen molar-refractivity contribution >= 4 is 16.7 Å². The molecule has 5 heteroatoms. The molecule has 0 unspecified atom stereocenters. The van der Waals surface area contributed by atoms with Crippen molar-refractivity contribution < 1.29 is 4.79 Å². The van der Waals surface area contributed by atoms with Crippen LogP contribution in [0.5, 0.6) is 0 Å². The second-order valence-electron chi connectivity index (χ2n) is 8.40. The number of benzene rings is 1. The first-order valence-corrected chi connectivity index (χ1v) is 10.7. The minimum absolute atomic E-state index is 0.0877. The summed E-state index contributed by atoms with van der Waals surface area (Å²) in [6.07, 6.45) is 6.02. The molecule has 4 aromatic rings. The van der Waals surface area contributed by atoms with Gasteiger partial charge in [-0.3, -0.25) is 9.78 Å². The minimum Gasteiger partial charge on any atom is -0.358 e. The van der Waals surface area contributed by atoms with Crippen LogP contribution in [0.2, 0.25) is 0 Å². The van der Waals surface area contributed by atoms with Gasteiger partial charge in [-0.15, -0.1) is 0 Å². The first-order chi connectivity index (χ1) is 14.9. The highest BCUT2D eigenvalue weighted by Gasteiger charge is 2.12. The van der Waals surface area contributed by atoms with Crippen LogP contribution >= 0.6 is 0 Å². The Labute approximate surface area is 183 Å². The SMILES string of the molecule is Cc1cc(C)nc(Cc2ncc(C(=O)CCCc3c(C)[nH]c4ccc(C)cc34)cn2)c1. The largest absolute Gasteiger partial charge is 0.358 e. The van der Waals surface area contributed by atoms with Gasteiger partial charge in [-0.1, -0.05) is 11.6 Å². The lowest BCUT2D eigenvalue weighted by Crippen LogP contribution is -2.05. The molecular formula is C26H28N4O. The first-order valence-electron chi connectivity index (χ1n) is 10.7. The number of rotatable bonds is 7. The van der Waals surface area contributed by atoms with Crippen LogP contribution in [0.15, 0.2) is 42.7 Å². The predicted molar refractivity (Wildman–Crippen MR) is 124 cm³/mol. The van der Waals surface area contributed by atoms with Crippen molar-refractivity contribution in [3.63, 3.8) is 0 Å². The predicted octanol–water partition coefficient (Wildman–Crippen LogP) is 5.38. The third kappa shape index (κ3) is 4.88. The van der Waals surface area contributed by atoms with Crippen LogP contribution in [0.3, 0.4) is 0 Å². The summed E-state index contributed by atoms with van der Waals surface area (Å²) >= 11 is 0. The molecule has 0 bridgehead atoms. The Morgan fingerprint density at radius 1 is 0.968 bits per heavy atom. The lowest BCUT2D eigenvalue weighted by atomic mass is 10.0. The van der Waals surface area contributed by atoms with Crippen molar-refractivity contribution in [2.75, 3.05) is 0 Å². The number of aromatic nitrogens is 4. The van der Waals surface area contributed by atoms with Gasteiger partial charge >= 0.3 is 0 Å². The van der Waals surface area contributed by atoms with Crippen LogP contribution < -0.4 is 0 Å². The maximum Gasteiger partial charge on any atom is 0.165 e. The Balaban J connectivity index is 1.37. The zero-order chi connectivity index (χ0) is 22.0. The molecular weight excluding hydrogens is 384 g/mol. The van der Waals surface area contributed by atoms with Crippen molar-refractivity contribution in [1.82, 2.24) is 19.9 Å². The van der Waals surface area contributed by atoms with E-state index in [0.29, 0.717) is 24.2 Å². The fraction of sp³-hybridized carbons (Fsp3) is 0.308. The number of aryl methyl sites for hydroxylation is 5. The standard InChI is InChI=1S/C26H28N4O/c1-16-8-9-24-23(12-16)22(19(4)30-24)6-5-7-25(31)20-14-27-26(28-15-20)13-21-11-17(2)10-18(3)29-21/h8-12,14-15,30H,5-7,13H2,1-4H3. The summed E-state index contributed by atoms with van der Waals surface area (Å²) in [6, 6.07) is 10.5. The van der Waals surface area contributed by atoms with E-state index in [1.165, 1.54) is 27.8 Å². The van der Waals surface area contributed by atoms with Gasteiger partial charge in [0.05, 0.1) is 12.0 Å². The number of nitrogens with zero attached hydrogens (tertiary/aromatic N) is 3. The van der Waals surface area contributed by atoms with E-state index in [9.17, 15) is 4.79 Å². The summed E-state index contributed by atoms with van der Waals surface area (Å²) in [4.78, 5) is 29.4. The van der Waals surface area contributed by atoms with Crippen molar-refractivity contribution in [2.24, 2.45) is 0 Å². The van der Waals surface area contributed by atoms with E-state index in [4.69, 9.17) is 0 Å². The Kier molecular flexibility index (Phi) is 5.94. The van der Waals surface area contributed by atoms with Gasteiger partial charge in [-0.25, -0.2) is 9.97 Å². The molecule has 3 heterocycles. The molecule has 158 valence electrons. The molecule has 0 amide bonds. The van der Waals surface area contributed by atoms with E-state index >= 15 is 0 Å². The van der Waals surface area contributed by atoms with Crippen molar-refractivity contribution in [2.45, 2.75) is 53.4 Å². The van der Waals surface area contributed by atoms with Gasteiger partial charge in [0.2, 0.25) is 0 Å². The molecule has 0 atom stereocenters. The third-order valence-electron chi connectivity index (χ3n) is 5.62. The second kappa shape index (κ2) is 8.80. The highest BCUT2D eigenvalue weighted by Crippen LogP contribution is 2.25. The monoisotopic (exact) mass is 412 g/mol. The van der Waals surface area contributed by atoms with E-state index in [2.05, 4.69) is 58.9 Å². The van der Waals surface area contributed by atoms with Crippen LogP contribution in [-0.4, -0.2) is 25.7 Å². The van der Waals surface area contributed by atoms with Gasteiger partial charge < -0.3 is 4.98 Å². The maximum atomic E-state index is 12.6. The molecule has 0 saturated heterocycles. The fourth-order valence-electron chi connectivity index (χ4n) is 4.16. The smallest absolute Gasteiger partial charge is 0.165 e. The maximum absolute atomic E-state index is 12.6. The number of H-pyrrole nitrogens is 1. The van der Waals surface area contributed by atoms with Gasteiger partial charge in [0.25, 0.3) is 0 Å². The number of ketones is 1. The van der Waals surface area contributed by atoms with Crippen LogP contribution in [0.4, 0.5) is 0 Å². The quantitative estimate of drug-likeness (QED) is 0.414. The number of pyridine rings is 1. The number of nitrogens with one attached hydrogen (secondary N) is 1. The Morgan fingerprint density at radius 2 is 1.74 bits per heavy atom. The van der Waals surface area contributed by atoms with Gasteiger partial charge in [-0.2, -0.15) is 0 Å². The van der Waals surface area contributed by atoms with Crippen molar-refractivity contribution in [3.05, 3.63) is 87.9 Å². The van der Waals surface area contributed by atoms with E-state index in [1.54, 1.807) is 12.4 Å². The van der Waals surface area contributed by atoms with Gasteiger partial charge in [0.15, 0.2) is 5.78 Å². The van der Waals surface area contributed by atoms with Gasteiger partial charge in [0, 0.05) is 46.8 Å². The normalized spacial score (nSPS) is 11.2. The van der Waals surface area contributed by atoms with E-state index in [-0.39, 0.29) is 5.78 Å². The van der Waals surface area contributed by atoms with Crippen LogP contribution in [-0.2, 0) is 12.8 Å². The molecule has 0 aliphatic carbocycles. The van der Waals surface area contributed by atoms with Crippen LogP contribution in [0.1, 0.15) is 62.8 Å². The van der Waals surface area contributed by atoms with Crippen LogP contribution in [0.25, 0.3) is 10.9 Å². The number of carbonyl (C=O) groups excluding carboxylic acids is 1. The summed E-state index contributed by atoms with van der Waals surface area (Å²) in [7, 11) is 0. The van der Waals surface area contributed by atoms with Gasteiger partial charge in [0.1, 0.15) is 5.82 Å². The van der Waals surface area contributed by atoms with E-state index in [0.717, 1.165) is 29.7 Å². The summed E-state index contributed by atoms with van der Waals surface area (Å²) in [5.74, 6) is 0.767. The number of hydrogen-bond acceptors (Lipinski definition) is 4. The topological polar surface area (TPSA) is 71.5 Å². The Morgan fingerprint density at radius 3 is 2.48 bits per heavy atom. The summed E-state index contributed by atoms with van der Waals surface area (Å²) in [6.45, 7) is 8.25. The number of hydrogen-bond donors (Lipinski definition) is 1. The Hall–Kier alpha value is -3.34. The second-order valence-corrected chi connectivity index (χ2v) is 8.40. The average molecular weight is 413 g/mol. The number of aromatic amines is 1. The van der Waals surface area contributed by atoms with Gasteiger partial charge in [-0.05, 0) is 75.9 Å². The van der Waals surface area contributed by atoms with Crippen molar-refractivity contribution in [3.8, 4) is 0 Å². The van der Waals surface area contributed by atoms with E-state index in [1.807, 2.05) is 19.1 Å². The molecule has 0 saturated carbocycles. The number of fused-ring (bicyclic) bond motifs is 1. The highest BCUT2D eigenvalue weighted by atomic mass is 16.1. The molecule has 5 nitrogen and oxygen atoms in total. The molecule has 1 N–H and O–H groups in total. The molecule has 0 radical (unpaired) electrons. The third-order valence-corrected chi connectivity index (χ3v) is 5.62. The molecule has 0 spiro atoms. The first kappa shape index (κ1) is 20.9. The summed E-state index contributed by atoms with van der Waals surface area (Å²) < 4.78 is 0. The summed E-state index contributed by atoms with van der Waals surface area (Å²) in [5.41, 5.74) is 8.57. The zero-order valence-electron chi connectivity index (χ0n) is 18.6. The van der Waals surface area contributed by atoms with E-state index < -0.39 is 0 Å². The number of Topliss-reactive ketones (excluding diaryl/α,β-unsaturated/α-hetero) is 1. The highest BCUT2D eigenvalue weighted by molar-refractivity contribution is 5.95. The van der Waals surface area contributed by atoms with Crippen LogP contribution in [0, 0.1) is 27.7 Å². The molecule has 3 aromatic heterocycles.